The number of halogens is 1. The second-order valence-corrected chi connectivity index (χ2v) is 6.37. The van der Waals surface area contributed by atoms with Crippen LogP contribution in [0.5, 0.6) is 0 Å². The molecule has 0 spiro atoms. The van der Waals surface area contributed by atoms with Gasteiger partial charge in [0.25, 0.3) is 0 Å². The molecule has 0 saturated carbocycles. The van der Waals surface area contributed by atoms with E-state index in [1.54, 1.807) is 16.8 Å². The summed E-state index contributed by atoms with van der Waals surface area (Å²) in [5.74, 6) is -0.730. The number of nitrogens with zero attached hydrogens (tertiary/aromatic N) is 4. The highest BCUT2D eigenvalue weighted by molar-refractivity contribution is 7.99. The molecule has 1 heterocycles. The van der Waals surface area contributed by atoms with E-state index in [2.05, 4.69) is 20.8 Å². The fraction of sp³-hybridized carbons (Fsp3) is 0.176. The maximum absolute atomic E-state index is 13.6. The number of hydrogen-bond donors (Lipinski definition) is 1. The smallest absolute Gasteiger partial charge is 0.234 e. The Morgan fingerprint density at radius 2 is 1.88 bits per heavy atom. The highest BCUT2D eigenvalue weighted by atomic mass is 32.2. The van der Waals surface area contributed by atoms with Crippen LogP contribution in [-0.4, -0.2) is 31.9 Å². The summed E-state index contributed by atoms with van der Waals surface area (Å²) in [6.07, 6.45) is 0. The van der Waals surface area contributed by atoms with Crippen LogP contribution in [0, 0.1) is 19.7 Å². The normalized spacial score (nSPS) is 10.7. The zero-order valence-electron chi connectivity index (χ0n) is 13.7. The number of para-hydroxylation sites is 2. The Balaban J connectivity index is 1.72. The van der Waals surface area contributed by atoms with Crippen LogP contribution < -0.4 is 5.32 Å². The van der Waals surface area contributed by atoms with Crippen LogP contribution in [0.25, 0.3) is 5.69 Å². The van der Waals surface area contributed by atoms with Crippen molar-refractivity contribution in [1.29, 1.82) is 0 Å². The van der Waals surface area contributed by atoms with E-state index in [0.717, 1.165) is 16.8 Å². The Morgan fingerprint density at radius 3 is 2.60 bits per heavy atom. The number of thioether (sulfide) groups is 1. The van der Waals surface area contributed by atoms with Crippen LogP contribution in [-0.2, 0) is 4.79 Å². The van der Waals surface area contributed by atoms with Crippen molar-refractivity contribution >= 4 is 23.4 Å². The van der Waals surface area contributed by atoms with Gasteiger partial charge in [0, 0.05) is 0 Å². The summed E-state index contributed by atoms with van der Waals surface area (Å²) in [6.45, 7) is 3.95. The van der Waals surface area contributed by atoms with Crippen molar-refractivity contribution in [3.63, 3.8) is 0 Å². The summed E-state index contributed by atoms with van der Waals surface area (Å²) in [7, 11) is 0. The van der Waals surface area contributed by atoms with Gasteiger partial charge in [0.1, 0.15) is 5.82 Å². The van der Waals surface area contributed by atoms with Crippen molar-refractivity contribution in [3.05, 3.63) is 59.4 Å². The molecule has 1 aromatic heterocycles. The van der Waals surface area contributed by atoms with Gasteiger partial charge in [-0.25, -0.2) is 4.39 Å². The van der Waals surface area contributed by atoms with Crippen molar-refractivity contribution in [2.24, 2.45) is 0 Å². The largest absolute Gasteiger partial charge is 0.323 e. The van der Waals surface area contributed by atoms with E-state index in [-0.39, 0.29) is 17.3 Å². The Hall–Kier alpha value is -2.74. The standard InChI is InChI=1S/C17H16FN5OS/c1-11-6-5-7-12(2)16(11)23-17(20-21-22-23)25-10-15(24)19-14-9-4-3-8-13(14)18/h3-9H,10H2,1-2H3,(H,19,24). The average Bonchev–Trinajstić information content (AvgIpc) is 3.03. The summed E-state index contributed by atoms with van der Waals surface area (Å²) >= 11 is 1.19. The summed E-state index contributed by atoms with van der Waals surface area (Å²) in [5, 5.41) is 14.8. The minimum absolute atomic E-state index is 0.0691. The third-order valence-electron chi connectivity index (χ3n) is 3.57. The zero-order valence-corrected chi connectivity index (χ0v) is 14.5. The maximum Gasteiger partial charge on any atom is 0.234 e. The topological polar surface area (TPSA) is 72.7 Å². The Bertz CT molecular complexity index is 891. The summed E-state index contributed by atoms with van der Waals surface area (Å²) in [4.78, 5) is 12.1. The fourth-order valence-corrected chi connectivity index (χ4v) is 3.10. The molecule has 0 aliphatic rings. The minimum Gasteiger partial charge on any atom is -0.323 e. The highest BCUT2D eigenvalue weighted by Gasteiger charge is 2.15. The third kappa shape index (κ3) is 3.85. The molecule has 3 rings (SSSR count). The minimum atomic E-state index is -0.471. The van der Waals surface area contributed by atoms with Crippen LogP contribution in [0.1, 0.15) is 11.1 Å². The Labute approximate surface area is 148 Å². The predicted molar refractivity (Wildman–Crippen MR) is 94.4 cm³/mol. The van der Waals surface area contributed by atoms with E-state index in [1.807, 2.05) is 32.0 Å². The predicted octanol–water partition coefficient (Wildman–Crippen LogP) is 3.15. The van der Waals surface area contributed by atoms with Crippen molar-refractivity contribution < 1.29 is 9.18 Å². The maximum atomic E-state index is 13.6. The lowest BCUT2D eigenvalue weighted by Crippen LogP contribution is -2.15. The summed E-state index contributed by atoms with van der Waals surface area (Å²) < 4.78 is 15.2. The lowest BCUT2D eigenvalue weighted by atomic mass is 10.1. The van der Waals surface area contributed by atoms with Crippen LogP contribution in [0.2, 0.25) is 0 Å². The molecule has 0 aliphatic heterocycles. The number of benzene rings is 2. The molecule has 1 N–H and O–H groups in total. The van der Waals surface area contributed by atoms with Gasteiger partial charge in [0.15, 0.2) is 0 Å². The number of anilines is 1. The molecule has 128 valence electrons. The molecule has 0 fully saturated rings. The first-order valence-corrected chi connectivity index (χ1v) is 8.57. The quantitative estimate of drug-likeness (QED) is 0.710. The molecule has 0 radical (unpaired) electrons. The second kappa shape index (κ2) is 7.43. The van der Waals surface area contributed by atoms with Gasteiger partial charge in [-0.05, 0) is 47.5 Å². The van der Waals surface area contributed by atoms with Gasteiger partial charge in [-0.3, -0.25) is 4.79 Å². The first-order valence-electron chi connectivity index (χ1n) is 7.58. The molecule has 6 nitrogen and oxygen atoms in total. The Morgan fingerprint density at radius 1 is 1.16 bits per heavy atom. The molecule has 25 heavy (non-hydrogen) atoms. The van der Waals surface area contributed by atoms with Crippen molar-refractivity contribution in [1.82, 2.24) is 20.2 Å². The lowest BCUT2D eigenvalue weighted by Gasteiger charge is -2.10. The van der Waals surface area contributed by atoms with E-state index in [4.69, 9.17) is 0 Å². The number of hydrogen-bond acceptors (Lipinski definition) is 5. The molecule has 1 amide bonds. The number of aryl methyl sites for hydroxylation is 2. The fourth-order valence-electron chi connectivity index (χ4n) is 2.43. The molecule has 0 unspecified atom stereocenters. The molecular weight excluding hydrogens is 341 g/mol. The third-order valence-corrected chi connectivity index (χ3v) is 4.49. The van der Waals surface area contributed by atoms with Gasteiger partial charge in [0.05, 0.1) is 17.1 Å². The first kappa shape index (κ1) is 17.1. The number of amides is 1. The van der Waals surface area contributed by atoms with Crippen LogP contribution in [0.3, 0.4) is 0 Å². The van der Waals surface area contributed by atoms with E-state index < -0.39 is 5.82 Å². The van der Waals surface area contributed by atoms with E-state index in [9.17, 15) is 9.18 Å². The van der Waals surface area contributed by atoms with Crippen molar-refractivity contribution in [2.75, 3.05) is 11.1 Å². The van der Waals surface area contributed by atoms with Crippen molar-refractivity contribution in [3.8, 4) is 5.69 Å². The molecule has 2 aromatic carbocycles. The summed E-state index contributed by atoms with van der Waals surface area (Å²) in [6, 6.07) is 12.0. The average molecular weight is 357 g/mol. The van der Waals surface area contributed by atoms with Gasteiger partial charge in [-0.1, -0.05) is 42.1 Å². The number of carbonyl (C=O) groups is 1. The number of aromatic nitrogens is 4. The van der Waals surface area contributed by atoms with E-state index >= 15 is 0 Å². The highest BCUT2D eigenvalue weighted by Crippen LogP contribution is 2.23. The monoisotopic (exact) mass is 357 g/mol. The number of nitrogens with one attached hydrogen (secondary N) is 1. The van der Waals surface area contributed by atoms with Crippen LogP contribution >= 0.6 is 11.8 Å². The van der Waals surface area contributed by atoms with Gasteiger partial charge in [-0.2, -0.15) is 4.68 Å². The number of tetrazole rings is 1. The van der Waals surface area contributed by atoms with Crippen molar-refractivity contribution in [2.45, 2.75) is 19.0 Å². The second-order valence-electron chi connectivity index (χ2n) is 5.43. The molecule has 8 heteroatoms. The van der Waals surface area contributed by atoms with E-state index in [1.165, 1.54) is 23.9 Å². The molecular formula is C17H16FN5OS. The van der Waals surface area contributed by atoms with Gasteiger partial charge >= 0.3 is 0 Å². The Kier molecular flexibility index (Phi) is 5.08. The van der Waals surface area contributed by atoms with Gasteiger partial charge in [0.2, 0.25) is 11.1 Å². The summed E-state index contributed by atoms with van der Waals surface area (Å²) in [5.41, 5.74) is 3.11. The van der Waals surface area contributed by atoms with Crippen LogP contribution in [0.4, 0.5) is 10.1 Å². The van der Waals surface area contributed by atoms with Gasteiger partial charge < -0.3 is 5.32 Å². The molecule has 0 saturated heterocycles. The lowest BCUT2D eigenvalue weighted by molar-refractivity contribution is -0.113. The zero-order chi connectivity index (χ0) is 17.8. The van der Waals surface area contributed by atoms with Gasteiger partial charge in [-0.15, -0.1) is 5.10 Å². The number of rotatable bonds is 5. The first-order chi connectivity index (χ1) is 12.1. The molecule has 3 aromatic rings. The van der Waals surface area contributed by atoms with Crippen LogP contribution in [0.15, 0.2) is 47.6 Å². The molecule has 0 bridgehead atoms. The molecule has 0 aliphatic carbocycles. The number of carbonyl (C=O) groups excluding carboxylic acids is 1. The SMILES string of the molecule is Cc1cccc(C)c1-n1nnnc1SCC(=O)Nc1ccccc1F. The molecule has 0 atom stereocenters. The van der Waals surface area contributed by atoms with E-state index in [0.29, 0.717) is 5.16 Å².